The quantitative estimate of drug-likeness (QED) is 0.858. The van der Waals surface area contributed by atoms with Crippen LogP contribution in [-0.4, -0.2) is 34.0 Å². The van der Waals surface area contributed by atoms with E-state index in [1.54, 1.807) is 6.20 Å². The van der Waals surface area contributed by atoms with E-state index in [1.165, 1.54) is 37.9 Å². The van der Waals surface area contributed by atoms with Crippen LogP contribution in [0.15, 0.2) is 11.0 Å². The predicted octanol–water partition coefficient (Wildman–Crippen LogP) is 1.36. The van der Waals surface area contributed by atoms with Gasteiger partial charge in [-0.3, -0.25) is 4.90 Å². The maximum absolute atomic E-state index is 11.3. The van der Waals surface area contributed by atoms with E-state index in [1.807, 2.05) is 0 Å². The van der Waals surface area contributed by atoms with E-state index < -0.39 is 0 Å². The predicted molar refractivity (Wildman–Crippen MR) is 70.6 cm³/mol. The van der Waals surface area contributed by atoms with Gasteiger partial charge in [0.25, 0.3) is 0 Å². The topological polar surface area (TPSA) is 49.0 Å². The van der Waals surface area contributed by atoms with E-state index in [2.05, 4.69) is 21.8 Å². The Hall–Kier alpha value is -1.16. The third-order valence-electron chi connectivity index (χ3n) is 4.42. The van der Waals surface area contributed by atoms with Gasteiger partial charge in [-0.2, -0.15) is 0 Å². The molecule has 0 spiro atoms. The summed E-state index contributed by atoms with van der Waals surface area (Å²) in [7, 11) is 0. The lowest BCUT2D eigenvalue weighted by Crippen LogP contribution is -2.49. The third kappa shape index (κ3) is 2.09. The van der Waals surface area contributed by atoms with Gasteiger partial charge in [-0.1, -0.05) is 6.92 Å². The Morgan fingerprint density at radius 1 is 1.50 bits per heavy atom. The summed E-state index contributed by atoms with van der Waals surface area (Å²) in [4.78, 5) is 20.7. The highest BCUT2D eigenvalue weighted by Crippen LogP contribution is 2.33. The standard InChI is InChI=1S/C14H21N3O/c1-2-5-17-6-3-4-10-7-12-11(8-13(10)17)9-15-14(18)16-12/h9-10,13H,2-8H2,1H3,(H,15,16,18)/t10-,13-/m0/s1. The lowest BCUT2D eigenvalue weighted by atomic mass is 9.77. The minimum atomic E-state index is -0.201. The van der Waals surface area contributed by atoms with Crippen LogP contribution in [0.3, 0.4) is 0 Å². The molecule has 0 bridgehead atoms. The zero-order valence-electron chi connectivity index (χ0n) is 11.0. The molecule has 1 N–H and O–H groups in total. The van der Waals surface area contributed by atoms with Crippen LogP contribution in [0, 0.1) is 5.92 Å². The van der Waals surface area contributed by atoms with Gasteiger partial charge in [0.05, 0.1) is 0 Å². The molecule has 1 aromatic rings. The van der Waals surface area contributed by atoms with Crippen molar-refractivity contribution in [3.8, 4) is 0 Å². The number of nitrogens with zero attached hydrogens (tertiary/aromatic N) is 2. The van der Waals surface area contributed by atoms with Gasteiger partial charge < -0.3 is 4.98 Å². The molecule has 0 amide bonds. The van der Waals surface area contributed by atoms with Crippen molar-refractivity contribution in [2.24, 2.45) is 5.92 Å². The maximum Gasteiger partial charge on any atom is 0.345 e. The number of aromatic nitrogens is 2. The minimum Gasteiger partial charge on any atom is -0.310 e. The fraction of sp³-hybridized carbons (Fsp3) is 0.714. The number of H-pyrrole nitrogens is 1. The molecule has 2 atom stereocenters. The van der Waals surface area contributed by atoms with E-state index in [0.717, 1.165) is 24.5 Å². The Morgan fingerprint density at radius 2 is 2.39 bits per heavy atom. The molecule has 1 saturated heterocycles. The van der Waals surface area contributed by atoms with Crippen molar-refractivity contribution in [1.29, 1.82) is 0 Å². The summed E-state index contributed by atoms with van der Waals surface area (Å²) in [5, 5.41) is 0. The normalized spacial score (nSPS) is 27.6. The molecular formula is C14H21N3O. The van der Waals surface area contributed by atoms with E-state index in [-0.39, 0.29) is 5.69 Å². The van der Waals surface area contributed by atoms with Crippen molar-refractivity contribution in [2.75, 3.05) is 13.1 Å². The van der Waals surface area contributed by atoms with Gasteiger partial charge in [0.15, 0.2) is 0 Å². The number of hydrogen-bond donors (Lipinski definition) is 1. The van der Waals surface area contributed by atoms with E-state index in [4.69, 9.17) is 0 Å². The second-order valence-electron chi connectivity index (χ2n) is 5.61. The fourth-order valence-corrected chi connectivity index (χ4v) is 3.61. The molecule has 0 unspecified atom stereocenters. The number of fused-ring (bicyclic) bond motifs is 2. The van der Waals surface area contributed by atoms with Gasteiger partial charge in [-0.25, -0.2) is 9.78 Å². The summed E-state index contributed by atoms with van der Waals surface area (Å²) < 4.78 is 0. The van der Waals surface area contributed by atoms with E-state index >= 15 is 0 Å². The number of likely N-dealkylation sites (tertiary alicyclic amines) is 1. The Bertz CT molecular complexity index is 480. The van der Waals surface area contributed by atoms with Crippen molar-refractivity contribution in [1.82, 2.24) is 14.9 Å². The Balaban J connectivity index is 1.87. The summed E-state index contributed by atoms with van der Waals surface area (Å²) in [6.45, 7) is 4.69. The first-order chi connectivity index (χ1) is 8.78. The number of nitrogens with one attached hydrogen (secondary N) is 1. The van der Waals surface area contributed by atoms with Crippen LogP contribution in [0.1, 0.15) is 37.4 Å². The molecule has 18 heavy (non-hydrogen) atoms. The molecule has 1 aliphatic carbocycles. The molecule has 4 heteroatoms. The first-order valence-electron chi connectivity index (χ1n) is 7.09. The Morgan fingerprint density at radius 3 is 3.22 bits per heavy atom. The van der Waals surface area contributed by atoms with Crippen LogP contribution in [0.4, 0.5) is 0 Å². The smallest absolute Gasteiger partial charge is 0.310 e. The maximum atomic E-state index is 11.3. The van der Waals surface area contributed by atoms with E-state index in [0.29, 0.717) is 6.04 Å². The van der Waals surface area contributed by atoms with Gasteiger partial charge >= 0.3 is 5.69 Å². The van der Waals surface area contributed by atoms with Crippen molar-refractivity contribution in [3.05, 3.63) is 27.9 Å². The number of aromatic amines is 1. The summed E-state index contributed by atoms with van der Waals surface area (Å²) in [5.74, 6) is 0.718. The summed E-state index contributed by atoms with van der Waals surface area (Å²) in [6.07, 6.45) is 7.69. The van der Waals surface area contributed by atoms with Crippen LogP contribution >= 0.6 is 0 Å². The molecular weight excluding hydrogens is 226 g/mol. The monoisotopic (exact) mass is 247 g/mol. The first-order valence-corrected chi connectivity index (χ1v) is 7.09. The SMILES string of the molecule is CCCN1CCC[C@H]2Cc3[nH]c(=O)ncc3C[C@@H]21. The summed E-state index contributed by atoms with van der Waals surface area (Å²) >= 11 is 0. The van der Waals surface area contributed by atoms with Crippen molar-refractivity contribution < 1.29 is 0 Å². The Labute approximate surface area is 107 Å². The molecule has 0 radical (unpaired) electrons. The zero-order chi connectivity index (χ0) is 12.5. The molecule has 1 aromatic heterocycles. The highest BCUT2D eigenvalue weighted by atomic mass is 16.1. The van der Waals surface area contributed by atoms with Gasteiger partial charge in [-0.05, 0) is 56.7 Å². The molecule has 0 aromatic carbocycles. The average molecular weight is 247 g/mol. The van der Waals surface area contributed by atoms with Gasteiger partial charge in [0, 0.05) is 17.9 Å². The molecule has 3 rings (SSSR count). The number of piperidine rings is 1. The van der Waals surface area contributed by atoms with Crippen LogP contribution in [0.5, 0.6) is 0 Å². The van der Waals surface area contributed by atoms with E-state index in [9.17, 15) is 4.79 Å². The minimum absolute atomic E-state index is 0.201. The second-order valence-corrected chi connectivity index (χ2v) is 5.61. The summed E-state index contributed by atoms with van der Waals surface area (Å²) in [6, 6.07) is 0.666. The first kappa shape index (κ1) is 11.9. The molecule has 2 heterocycles. The van der Waals surface area contributed by atoms with Gasteiger partial charge in [0.2, 0.25) is 0 Å². The summed E-state index contributed by atoms with van der Waals surface area (Å²) in [5.41, 5.74) is 2.18. The van der Waals surface area contributed by atoms with Crippen LogP contribution < -0.4 is 5.69 Å². The van der Waals surface area contributed by atoms with Gasteiger partial charge in [-0.15, -0.1) is 0 Å². The van der Waals surface area contributed by atoms with Crippen LogP contribution in [0.25, 0.3) is 0 Å². The molecule has 2 aliphatic rings. The Kier molecular flexibility index (Phi) is 3.20. The van der Waals surface area contributed by atoms with Gasteiger partial charge in [0.1, 0.15) is 0 Å². The fourth-order valence-electron chi connectivity index (χ4n) is 3.61. The van der Waals surface area contributed by atoms with Crippen molar-refractivity contribution >= 4 is 0 Å². The highest BCUT2D eigenvalue weighted by molar-refractivity contribution is 5.22. The third-order valence-corrected chi connectivity index (χ3v) is 4.42. The van der Waals surface area contributed by atoms with Crippen molar-refractivity contribution in [2.45, 2.75) is 45.1 Å². The van der Waals surface area contributed by atoms with Crippen LogP contribution in [0.2, 0.25) is 0 Å². The number of rotatable bonds is 2. The zero-order valence-corrected chi connectivity index (χ0v) is 11.0. The largest absolute Gasteiger partial charge is 0.345 e. The molecule has 1 fully saturated rings. The average Bonchev–Trinajstić information content (AvgIpc) is 2.37. The molecule has 0 saturated carbocycles. The highest BCUT2D eigenvalue weighted by Gasteiger charge is 2.35. The molecule has 1 aliphatic heterocycles. The lowest BCUT2D eigenvalue weighted by Gasteiger charge is -2.44. The molecule has 98 valence electrons. The van der Waals surface area contributed by atoms with Crippen LogP contribution in [-0.2, 0) is 12.8 Å². The second kappa shape index (κ2) is 4.84. The molecule has 4 nitrogen and oxygen atoms in total. The lowest BCUT2D eigenvalue weighted by molar-refractivity contribution is 0.0843. The van der Waals surface area contributed by atoms with Crippen molar-refractivity contribution in [3.63, 3.8) is 0 Å². The number of hydrogen-bond acceptors (Lipinski definition) is 3.